The fourth-order valence-electron chi connectivity index (χ4n) is 1.52. The fraction of sp³-hybridized carbons (Fsp3) is 0.273. The first-order chi connectivity index (χ1) is 7.20. The summed E-state index contributed by atoms with van der Waals surface area (Å²) in [5.74, 6) is 0.831. The first kappa shape index (κ1) is 9.86. The summed E-state index contributed by atoms with van der Waals surface area (Å²) in [7, 11) is 0. The summed E-state index contributed by atoms with van der Waals surface area (Å²) in [6.45, 7) is 4.50. The molecule has 0 aromatic carbocycles. The Kier molecular flexibility index (Phi) is 2.51. The molecule has 2 aromatic rings. The second-order valence-corrected chi connectivity index (χ2v) is 3.57. The van der Waals surface area contributed by atoms with Crippen LogP contribution < -0.4 is 5.73 Å². The predicted molar refractivity (Wildman–Crippen MR) is 58.7 cm³/mol. The second kappa shape index (κ2) is 3.82. The molecule has 0 unspecified atom stereocenters. The lowest BCUT2D eigenvalue weighted by Gasteiger charge is -2.03. The van der Waals surface area contributed by atoms with E-state index < -0.39 is 0 Å². The molecule has 0 aliphatic heterocycles. The number of hydrogen-bond acceptors (Lipinski definition) is 3. The Hall–Kier alpha value is -1.68. The number of rotatable bonds is 2. The van der Waals surface area contributed by atoms with Gasteiger partial charge in [0.2, 0.25) is 0 Å². The number of pyridine rings is 1. The van der Waals surface area contributed by atoms with Crippen LogP contribution in [-0.4, -0.2) is 14.8 Å². The lowest BCUT2D eigenvalue weighted by molar-refractivity contribution is 0.803. The quantitative estimate of drug-likeness (QED) is 0.799. The predicted octanol–water partition coefficient (Wildman–Crippen LogP) is 1.34. The van der Waals surface area contributed by atoms with Crippen molar-refractivity contribution in [2.45, 2.75) is 20.4 Å². The monoisotopic (exact) mass is 202 g/mol. The molecule has 2 rings (SSSR count). The molecule has 2 N–H and O–H groups in total. The molecule has 0 aliphatic carbocycles. The normalized spacial score (nSPS) is 10.6. The molecule has 0 spiro atoms. The first-order valence-electron chi connectivity index (χ1n) is 4.89. The number of nitrogens with zero attached hydrogens (tertiary/aromatic N) is 3. The van der Waals surface area contributed by atoms with Crippen LogP contribution >= 0.6 is 0 Å². The summed E-state index contributed by atoms with van der Waals surface area (Å²) < 4.78 is 1.83. The lowest BCUT2D eigenvalue weighted by Crippen LogP contribution is -2.03. The Labute approximate surface area is 88.8 Å². The van der Waals surface area contributed by atoms with Gasteiger partial charge in [-0.25, -0.2) is 9.67 Å². The van der Waals surface area contributed by atoms with Crippen molar-refractivity contribution in [3.63, 3.8) is 0 Å². The number of nitrogens with two attached hydrogens (primary N) is 1. The van der Waals surface area contributed by atoms with Crippen molar-refractivity contribution in [2.24, 2.45) is 5.73 Å². The van der Waals surface area contributed by atoms with Crippen LogP contribution in [0.25, 0.3) is 5.82 Å². The van der Waals surface area contributed by atoms with Gasteiger partial charge >= 0.3 is 0 Å². The summed E-state index contributed by atoms with van der Waals surface area (Å²) in [4.78, 5) is 4.31. The van der Waals surface area contributed by atoms with E-state index in [9.17, 15) is 0 Å². The van der Waals surface area contributed by atoms with Crippen molar-refractivity contribution >= 4 is 0 Å². The Balaban J connectivity index is 2.41. The molecule has 0 atom stereocenters. The lowest BCUT2D eigenvalue weighted by atomic mass is 10.3. The molecular weight excluding hydrogens is 188 g/mol. The highest BCUT2D eigenvalue weighted by atomic mass is 15.3. The van der Waals surface area contributed by atoms with Gasteiger partial charge in [0.15, 0.2) is 5.82 Å². The van der Waals surface area contributed by atoms with Gasteiger partial charge in [0, 0.05) is 18.4 Å². The van der Waals surface area contributed by atoms with E-state index in [1.54, 1.807) is 6.20 Å². The summed E-state index contributed by atoms with van der Waals surface area (Å²) in [6.07, 6.45) is 1.78. The molecule has 2 heterocycles. The van der Waals surface area contributed by atoms with Crippen LogP contribution in [0.4, 0.5) is 0 Å². The average molecular weight is 202 g/mol. The molecule has 0 saturated heterocycles. The SMILES string of the molecule is Cc1cc(C)n(-c2ccc(CN)cn2)n1. The largest absolute Gasteiger partial charge is 0.326 e. The van der Waals surface area contributed by atoms with Crippen molar-refractivity contribution in [2.75, 3.05) is 0 Å². The first-order valence-corrected chi connectivity index (χ1v) is 4.89. The molecule has 0 aliphatic rings. The van der Waals surface area contributed by atoms with Gasteiger partial charge in [-0.05, 0) is 31.5 Å². The van der Waals surface area contributed by atoms with E-state index in [1.165, 1.54) is 0 Å². The van der Waals surface area contributed by atoms with E-state index in [0.29, 0.717) is 6.54 Å². The van der Waals surface area contributed by atoms with Crippen molar-refractivity contribution in [1.82, 2.24) is 14.8 Å². The minimum absolute atomic E-state index is 0.518. The minimum atomic E-state index is 0.518. The van der Waals surface area contributed by atoms with Crippen molar-refractivity contribution in [3.05, 3.63) is 41.3 Å². The van der Waals surface area contributed by atoms with E-state index in [1.807, 2.05) is 36.7 Å². The minimum Gasteiger partial charge on any atom is -0.326 e. The summed E-state index contributed by atoms with van der Waals surface area (Å²) in [6, 6.07) is 5.93. The molecule has 4 heteroatoms. The number of aryl methyl sites for hydroxylation is 2. The highest BCUT2D eigenvalue weighted by molar-refractivity contribution is 5.27. The van der Waals surface area contributed by atoms with E-state index in [0.717, 1.165) is 22.8 Å². The molecule has 0 fully saturated rings. The standard InChI is InChI=1S/C11H14N4/c1-8-5-9(2)15(14-8)11-4-3-10(6-12)7-13-11/h3-5,7H,6,12H2,1-2H3. The van der Waals surface area contributed by atoms with E-state index >= 15 is 0 Å². The van der Waals surface area contributed by atoms with Crippen molar-refractivity contribution in [1.29, 1.82) is 0 Å². The van der Waals surface area contributed by atoms with Gasteiger partial charge in [-0.3, -0.25) is 0 Å². The van der Waals surface area contributed by atoms with Gasteiger partial charge in [0.25, 0.3) is 0 Å². The van der Waals surface area contributed by atoms with Gasteiger partial charge < -0.3 is 5.73 Å². The van der Waals surface area contributed by atoms with Crippen LogP contribution in [0.5, 0.6) is 0 Å². The van der Waals surface area contributed by atoms with Crippen molar-refractivity contribution < 1.29 is 0 Å². The maximum Gasteiger partial charge on any atom is 0.153 e. The van der Waals surface area contributed by atoms with Gasteiger partial charge in [-0.15, -0.1) is 0 Å². The van der Waals surface area contributed by atoms with E-state index in [2.05, 4.69) is 10.1 Å². The van der Waals surface area contributed by atoms with Crippen molar-refractivity contribution in [3.8, 4) is 5.82 Å². The molecule has 4 nitrogen and oxygen atoms in total. The fourth-order valence-corrected chi connectivity index (χ4v) is 1.52. The zero-order chi connectivity index (χ0) is 10.8. The number of aromatic nitrogens is 3. The zero-order valence-electron chi connectivity index (χ0n) is 8.94. The van der Waals surface area contributed by atoms with Gasteiger partial charge in [0.05, 0.1) is 5.69 Å². The van der Waals surface area contributed by atoms with Crippen LogP contribution in [0, 0.1) is 13.8 Å². The topological polar surface area (TPSA) is 56.7 Å². The Morgan fingerprint density at radius 1 is 1.33 bits per heavy atom. The summed E-state index contributed by atoms with van der Waals surface area (Å²) in [5, 5.41) is 4.36. The average Bonchev–Trinajstić information content (AvgIpc) is 2.58. The highest BCUT2D eigenvalue weighted by Crippen LogP contribution is 2.09. The molecule has 0 amide bonds. The molecule has 78 valence electrons. The van der Waals surface area contributed by atoms with Crippen LogP contribution in [0.2, 0.25) is 0 Å². The third-order valence-electron chi connectivity index (χ3n) is 2.27. The third kappa shape index (κ3) is 1.89. The molecule has 15 heavy (non-hydrogen) atoms. The molecule has 2 aromatic heterocycles. The van der Waals surface area contributed by atoms with E-state index in [4.69, 9.17) is 5.73 Å². The van der Waals surface area contributed by atoms with Crippen LogP contribution in [0.3, 0.4) is 0 Å². The molecule has 0 saturated carbocycles. The summed E-state index contributed by atoms with van der Waals surface area (Å²) in [5.41, 5.74) is 8.62. The van der Waals surface area contributed by atoms with Crippen LogP contribution in [0.1, 0.15) is 17.0 Å². The maximum atomic E-state index is 5.51. The Bertz CT molecular complexity index is 456. The molecule has 0 bridgehead atoms. The van der Waals surface area contributed by atoms with Gasteiger partial charge in [-0.1, -0.05) is 6.07 Å². The van der Waals surface area contributed by atoms with Gasteiger partial charge in [-0.2, -0.15) is 5.10 Å². The third-order valence-corrected chi connectivity index (χ3v) is 2.27. The molecule has 0 radical (unpaired) electrons. The maximum absolute atomic E-state index is 5.51. The van der Waals surface area contributed by atoms with Crippen LogP contribution in [0.15, 0.2) is 24.4 Å². The van der Waals surface area contributed by atoms with Crippen LogP contribution in [-0.2, 0) is 6.54 Å². The Morgan fingerprint density at radius 2 is 2.13 bits per heavy atom. The highest BCUT2D eigenvalue weighted by Gasteiger charge is 2.03. The molecular formula is C11H14N4. The second-order valence-electron chi connectivity index (χ2n) is 3.57. The Morgan fingerprint density at radius 3 is 2.60 bits per heavy atom. The smallest absolute Gasteiger partial charge is 0.153 e. The summed E-state index contributed by atoms with van der Waals surface area (Å²) >= 11 is 0. The zero-order valence-corrected chi connectivity index (χ0v) is 8.94. The van der Waals surface area contributed by atoms with E-state index in [-0.39, 0.29) is 0 Å². The number of hydrogen-bond donors (Lipinski definition) is 1. The van der Waals surface area contributed by atoms with Gasteiger partial charge in [0.1, 0.15) is 0 Å².